The number of hydrogen-bond donors (Lipinski definition) is 0. The van der Waals surface area contributed by atoms with Gasteiger partial charge in [0.15, 0.2) is 0 Å². The smallest absolute Gasteiger partial charge is 0.0348 e. The molecule has 0 heterocycles. The van der Waals surface area contributed by atoms with Crippen molar-refractivity contribution in [3.05, 3.63) is 18.1 Å². The molecule has 0 aliphatic heterocycles. The molecule has 0 aromatic rings. The zero-order chi connectivity index (χ0) is 8.27. The summed E-state index contributed by atoms with van der Waals surface area (Å²) in [7, 11) is 0. The van der Waals surface area contributed by atoms with Crippen molar-refractivity contribution in [1.82, 2.24) is 0 Å². The van der Waals surface area contributed by atoms with Crippen molar-refractivity contribution in [1.29, 1.82) is 0 Å². The van der Waals surface area contributed by atoms with Gasteiger partial charge in [0.25, 0.3) is 0 Å². The van der Waals surface area contributed by atoms with Crippen molar-refractivity contribution >= 4 is 0 Å². The van der Waals surface area contributed by atoms with Crippen molar-refractivity contribution in [3.8, 4) is 0 Å². The monoisotopic (exact) mass is 151 g/mol. The van der Waals surface area contributed by atoms with Gasteiger partial charge >= 0.3 is 0 Å². The lowest BCUT2D eigenvalue weighted by Crippen LogP contribution is -2.13. The maximum absolute atomic E-state index is 2.40. The molecule has 0 saturated heterocycles. The Morgan fingerprint density at radius 1 is 1.45 bits per heavy atom. The van der Waals surface area contributed by atoms with Gasteiger partial charge in [0, 0.05) is 0 Å². The molecule has 1 rings (SSSR count). The summed E-state index contributed by atoms with van der Waals surface area (Å²) < 4.78 is 0. The van der Waals surface area contributed by atoms with Crippen molar-refractivity contribution in [3.63, 3.8) is 0 Å². The molecule has 0 bridgehead atoms. The van der Waals surface area contributed by atoms with Gasteiger partial charge in [-0.05, 0) is 24.7 Å². The second-order valence-corrected chi connectivity index (χ2v) is 4.06. The molecule has 0 amide bonds. The largest absolute Gasteiger partial charge is 0.319 e. The summed E-state index contributed by atoms with van der Waals surface area (Å²) in [6, 6.07) is 0. The molecular formula is C11H19-. The summed E-state index contributed by atoms with van der Waals surface area (Å²) in [6.45, 7) is 6.83. The van der Waals surface area contributed by atoms with Crippen LogP contribution in [0.25, 0.3) is 0 Å². The van der Waals surface area contributed by atoms with Crippen LogP contribution in [0.15, 0.2) is 12.2 Å². The quantitative estimate of drug-likeness (QED) is 0.418. The first-order valence-corrected chi connectivity index (χ1v) is 4.66. The Hall–Kier alpha value is -0.260. The van der Waals surface area contributed by atoms with E-state index in [9.17, 15) is 0 Å². The molecule has 0 spiro atoms. The fourth-order valence-electron chi connectivity index (χ4n) is 1.77. The Bertz CT molecular complexity index is 133. The van der Waals surface area contributed by atoms with Gasteiger partial charge in [-0.15, -0.1) is 0 Å². The van der Waals surface area contributed by atoms with Crippen LogP contribution in [-0.2, 0) is 0 Å². The van der Waals surface area contributed by atoms with E-state index in [1.54, 1.807) is 5.92 Å². The van der Waals surface area contributed by atoms with Crippen molar-refractivity contribution in [2.45, 2.75) is 40.0 Å². The van der Waals surface area contributed by atoms with E-state index in [4.69, 9.17) is 0 Å². The van der Waals surface area contributed by atoms with Gasteiger partial charge in [0.2, 0.25) is 0 Å². The van der Waals surface area contributed by atoms with Crippen LogP contribution >= 0.6 is 0 Å². The van der Waals surface area contributed by atoms with Gasteiger partial charge in [-0.1, -0.05) is 19.1 Å². The SMILES string of the molecule is C[C-](C)CC1C=CCCC1C. The van der Waals surface area contributed by atoms with Gasteiger partial charge in [0.05, 0.1) is 0 Å². The molecule has 2 atom stereocenters. The van der Waals surface area contributed by atoms with Gasteiger partial charge in [-0.3, -0.25) is 0 Å². The summed E-state index contributed by atoms with van der Waals surface area (Å²) in [4.78, 5) is 0. The maximum atomic E-state index is 2.40. The molecule has 0 heteroatoms. The third kappa shape index (κ3) is 2.69. The fraction of sp³-hybridized carbons (Fsp3) is 0.727. The second kappa shape index (κ2) is 3.94. The number of allylic oxidation sites excluding steroid dienone is 2. The third-order valence-electron chi connectivity index (χ3n) is 2.55. The van der Waals surface area contributed by atoms with E-state index in [1.807, 2.05) is 0 Å². The molecule has 1 aliphatic rings. The van der Waals surface area contributed by atoms with Crippen LogP contribution < -0.4 is 0 Å². The summed E-state index contributed by atoms with van der Waals surface area (Å²) >= 11 is 0. The lowest BCUT2D eigenvalue weighted by Gasteiger charge is -2.31. The summed E-state index contributed by atoms with van der Waals surface area (Å²) in [5.41, 5.74) is 0. The van der Waals surface area contributed by atoms with E-state index < -0.39 is 0 Å². The highest BCUT2D eigenvalue weighted by Crippen LogP contribution is 2.29. The molecule has 1 aliphatic carbocycles. The molecule has 2 unspecified atom stereocenters. The molecule has 11 heavy (non-hydrogen) atoms. The van der Waals surface area contributed by atoms with E-state index in [2.05, 4.69) is 32.9 Å². The molecule has 0 N–H and O–H groups in total. The zero-order valence-corrected chi connectivity index (χ0v) is 7.93. The van der Waals surface area contributed by atoms with Crippen LogP contribution in [0.2, 0.25) is 0 Å². The van der Waals surface area contributed by atoms with Gasteiger partial charge in [-0.2, -0.15) is 20.3 Å². The minimum atomic E-state index is 0.828. The van der Waals surface area contributed by atoms with Crippen LogP contribution in [0.3, 0.4) is 0 Å². The van der Waals surface area contributed by atoms with Gasteiger partial charge in [-0.25, -0.2) is 0 Å². The van der Waals surface area contributed by atoms with Gasteiger partial charge in [0.1, 0.15) is 0 Å². The summed E-state index contributed by atoms with van der Waals surface area (Å²) in [6.07, 6.45) is 8.71. The third-order valence-corrected chi connectivity index (χ3v) is 2.55. The zero-order valence-electron chi connectivity index (χ0n) is 7.93. The minimum absolute atomic E-state index is 0.828. The predicted molar refractivity (Wildman–Crippen MR) is 50.2 cm³/mol. The average Bonchev–Trinajstić information content (AvgIpc) is 1.93. The highest BCUT2D eigenvalue weighted by Gasteiger charge is 2.13. The lowest BCUT2D eigenvalue weighted by molar-refractivity contribution is 0.373. The Morgan fingerprint density at radius 2 is 2.18 bits per heavy atom. The van der Waals surface area contributed by atoms with Crippen LogP contribution in [0, 0.1) is 17.8 Å². The Morgan fingerprint density at radius 3 is 2.73 bits per heavy atom. The normalized spacial score (nSPS) is 31.3. The first-order valence-electron chi connectivity index (χ1n) is 4.66. The molecule has 0 aromatic carbocycles. The average molecular weight is 151 g/mol. The first kappa shape index (κ1) is 8.83. The first-order chi connectivity index (χ1) is 5.20. The van der Waals surface area contributed by atoms with E-state index in [0.717, 1.165) is 11.8 Å². The molecular weight excluding hydrogens is 132 g/mol. The molecule has 0 nitrogen and oxygen atoms in total. The van der Waals surface area contributed by atoms with Crippen LogP contribution in [0.1, 0.15) is 40.0 Å². The van der Waals surface area contributed by atoms with Crippen LogP contribution in [0.4, 0.5) is 0 Å². The standard InChI is InChI=1S/C11H19/c1-9(2)8-11-7-5-4-6-10(11)3/h5,7,10-11H,4,6,8H2,1-3H3/q-1. The Labute approximate surface area is 70.7 Å². The second-order valence-electron chi connectivity index (χ2n) is 4.06. The molecule has 0 saturated carbocycles. The highest BCUT2D eigenvalue weighted by atomic mass is 14.2. The molecule has 64 valence electrons. The predicted octanol–water partition coefficient (Wildman–Crippen LogP) is 3.59. The van der Waals surface area contributed by atoms with E-state index >= 15 is 0 Å². The van der Waals surface area contributed by atoms with Crippen LogP contribution in [0.5, 0.6) is 0 Å². The number of hydrogen-bond acceptors (Lipinski definition) is 0. The van der Waals surface area contributed by atoms with Crippen molar-refractivity contribution < 1.29 is 0 Å². The summed E-state index contributed by atoms with van der Waals surface area (Å²) in [5, 5.41) is 0. The van der Waals surface area contributed by atoms with Crippen molar-refractivity contribution in [2.24, 2.45) is 11.8 Å². The fourth-order valence-corrected chi connectivity index (χ4v) is 1.77. The minimum Gasteiger partial charge on any atom is -0.319 e. The lowest BCUT2D eigenvalue weighted by atomic mass is 9.81. The van der Waals surface area contributed by atoms with Crippen molar-refractivity contribution in [2.75, 3.05) is 0 Å². The highest BCUT2D eigenvalue weighted by molar-refractivity contribution is 4.99. The van der Waals surface area contributed by atoms with E-state index in [0.29, 0.717) is 0 Å². The van der Waals surface area contributed by atoms with E-state index in [-0.39, 0.29) is 0 Å². The van der Waals surface area contributed by atoms with Crippen LogP contribution in [-0.4, -0.2) is 0 Å². The maximum Gasteiger partial charge on any atom is -0.0348 e. The van der Waals surface area contributed by atoms with Gasteiger partial charge < -0.3 is 5.92 Å². The van der Waals surface area contributed by atoms with E-state index in [1.165, 1.54) is 19.3 Å². The molecule has 0 fully saturated rings. The molecule has 0 aromatic heterocycles. The topological polar surface area (TPSA) is 0 Å². The molecule has 0 radical (unpaired) electrons. The summed E-state index contributed by atoms with van der Waals surface area (Å²) in [5.74, 6) is 3.29. The number of rotatable bonds is 2. The Kier molecular flexibility index (Phi) is 3.16. The Balaban J connectivity index is 2.41.